The van der Waals surface area contributed by atoms with Crippen LogP contribution in [-0.4, -0.2) is 36.3 Å². The average Bonchev–Trinajstić information content (AvgIpc) is 3.47. The largest absolute Gasteiger partial charge is 0.497 e. The minimum Gasteiger partial charge on any atom is -0.497 e. The van der Waals surface area contributed by atoms with E-state index in [9.17, 15) is 13.2 Å². The minimum absolute atomic E-state index is 0.109. The standard InChI is InChI=1S/C25H21N3O5S/c1-17(29)28-25(33-24(26-28)18-8-4-3-5-9-18)22-16-27(23-11-7-6-10-21(22)23)34(30,31)20-14-12-19(32-2)13-15-20/h3-16,25H,1-2H3. The number of benzene rings is 3. The van der Waals surface area contributed by atoms with Crippen molar-refractivity contribution < 1.29 is 22.7 Å². The first-order chi connectivity index (χ1) is 16.4. The van der Waals surface area contributed by atoms with Crippen LogP contribution in [0.15, 0.2) is 95.1 Å². The molecule has 0 bridgehead atoms. The van der Waals surface area contributed by atoms with Crippen molar-refractivity contribution >= 4 is 32.7 Å². The quantitative estimate of drug-likeness (QED) is 0.433. The smallest absolute Gasteiger partial charge is 0.268 e. The van der Waals surface area contributed by atoms with E-state index in [0.29, 0.717) is 27.8 Å². The lowest BCUT2D eigenvalue weighted by Crippen LogP contribution is -2.25. The first-order valence-electron chi connectivity index (χ1n) is 10.5. The molecule has 9 heteroatoms. The van der Waals surface area contributed by atoms with E-state index < -0.39 is 16.3 Å². The maximum atomic E-state index is 13.5. The van der Waals surface area contributed by atoms with Gasteiger partial charge in [-0.05, 0) is 42.5 Å². The Morgan fingerprint density at radius 1 is 0.971 bits per heavy atom. The molecular weight excluding hydrogens is 454 g/mol. The normalized spacial score (nSPS) is 15.8. The van der Waals surface area contributed by atoms with E-state index in [0.717, 1.165) is 0 Å². The van der Waals surface area contributed by atoms with Gasteiger partial charge in [-0.1, -0.05) is 36.4 Å². The third-order valence-corrected chi connectivity index (χ3v) is 7.27. The monoisotopic (exact) mass is 475 g/mol. The molecule has 0 fully saturated rings. The second kappa shape index (κ2) is 8.35. The molecule has 1 amide bonds. The van der Waals surface area contributed by atoms with E-state index in [1.165, 1.54) is 41.3 Å². The van der Waals surface area contributed by atoms with Gasteiger partial charge in [0.1, 0.15) is 5.75 Å². The number of hydrogen-bond donors (Lipinski definition) is 0. The molecule has 1 aliphatic rings. The maximum absolute atomic E-state index is 13.5. The molecule has 4 aromatic rings. The first-order valence-corrected chi connectivity index (χ1v) is 11.9. The number of nitrogens with zero attached hydrogens (tertiary/aromatic N) is 3. The highest BCUT2D eigenvalue weighted by molar-refractivity contribution is 7.90. The number of carbonyl (C=O) groups excluding carboxylic acids is 1. The molecular formula is C25H21N3O5S. The Balaban J connectivity index is 1.62. The molecule has 3 aromatic carbocycles. The number of para-hydroxylation sites is 1. The highest BCUT2D eigenvalue weighted by Gasteiger charge is 2.36. The first kappa shape index (κ1) is 21.7. The van der Waals surface area contributed by atoms with Gasteiger partial charge in [-0.3, -0.25) is 4.79 Å². The van der Waals surface area contributed by atoms with E-state index in [1.807, 2.05) is 36.4 Å². The third-order valence-electron chi connectivity index (χ3n) is 5.58. The van der Waals surface area contributed by atoms with E-state index in [-0.39, 0.29) is 16.7 Å². The van der Waals surface area contributed by atoms with Gasteiger partial charge in [-0.25, -0.2) is 12.4 Å². The summed E-state index contributed by atoms with van der Waals surface area (Å²) in [5.41, 5.74) is 1.69. The summed E-state index contributed by atoms with van der Waals surface area (Å²) < 4.78 is 39.6. The molecule has 8 nitrogen and oxygen atoms in total. The van der Waals surface area contributed by atoms with Gasteiger partial charge >= 0.3 is 0 Å². The van der Waals surface area contributed by atoms with E-state index in [4.69, 9.17) is 9.47 Å². The Labute approximate surface area is 196 Å². The molecule has 1 aromatic heterocycles. The molecule has 0 saturated heterocycles. The predicted octanol–water partition coefficient (Wildman–Crippen LogP) is 4.13. The fourth-order valence-electron chi connectivity index (χ4n) is 3.90. The van der Waals surface area contributed by atoms with Crippen molar-refractivity contribution in [3.05, 3.63) is 96.2 Å². The summed E-state index contributed by atoms with van der Waals surface area (Å²) in [6, 6.07) is 22.5. The van der Waals surface area contributed by atoms with Gasteiger partial charge in [0, 0.05) is 29.6 Å². The van der Waals surface area contributed by atoms with Crippen LogP contribution in [-0.2, 0) is 19.6 Å². The van der Waals surface area contributed by atoms with Crippen LogP contribution in [0, 0.1) is 0 Å². The van der Waals surface area contributed by atoms with Crippen LogP contribution >= 0.6 is 0 Å². The number of rotatable bonds is 5. The maximum Gasteiger partial charge on any atom is 0.268 e. The summed E-state index contributed by atoms with van der Waals surface area (Å²) in [7, 11) is -2.42. The lowest BCUT2D eigenvalue weighted by Gasteiger charge is -2.18. The second-order valence-corrected chi connectivity index (χ2v) is 9.50. The Hall–Kier alpha value is -4.11. The van der Waals surface area contributed by atoms with E-state index >= 15 is 0 Å². The van der Waals surface area contributed by atoms with Crippen LogP contribution in [0.2, 0.25) is 0 Å². The number of hydrogen-bond acceptors (Lipinski definition) is 6. The molecule has 1 unspecified atom stereocenters. The van der Waals surface area contributed by atoms with E-state index in [1.54, 1.807) is 30.3 Å². The number of amides is 1. The topological polar surface area (TPSA) is 90.2 Å². The van der Waals surface area contributed by atoms with Gasteiger partial charge in [0.05, 0.1) is 17.5 Å². The molecule has 0 spiro atoms. The summed E-state index contributed by atoms with van der Waals surface area (Å²) >= 11 is 0. The number of fused-ring (bicyclic) bond motifs is 1. The van der Waals surface area contributed by atoms with Gasteiger partial charge in [0.2, 0.25) is 18.0 Å². The second-order valence-electron chi connectivity index (χ2n) is 7.68. The van der Waals surface area contributed by atoms with Crippen molar-refractivity contribution in [2.75, 3.05) is 7.11 Å². The van der Waals surface area contributed by atoms with Gasteiger partial charge in [-0.2, -0.15) is 5.01 Å². The van der Waals surface area contributed by atoms with Crippen LogP contribution in [0.5, 0.6) is 5.75 Å². The summed E-state index contributed by atoms with van der Waals surface area (Å²) in [5, 5.41) is 6.25. The Morgan fingerprint density at radius 3 is 2.32 bits per heavy atom. The molecule has 1 aliphatic heterocycles. The zero-order valence-electron chi connectivity index (χ0n) is 18.5. The van der Waals surface area contributed by atoms with Crippen molar-refractivity contribution in [2.24, 2.45) is 5.10 Å². The highest BCUT2D eigenvalue weighted by Crippen LogP contribution is 2.37. The van der Waals surface area contributed by atoms with Crippen molar-refractivity contribution in [3.63, 3.8) is 0 Å². The molecule has 172 valence electrons. The molecule has 5 rings (SSSR count). The average molecular weight is 476 g/mol. The lowest BCUT2D eigenvalue weighted by molar-refractivity contribution is -0.135. The van der Waals surface area contributed by atoms with Crippen molar-refractivity contribution in [3.8, 4) is 5.75 Å². The Morgan fingerprint density at radius 2 is 1.65 bits per heavy atom. The van der Waals surface area contributed by atoms with Crippen molar-refractivity contribution in [1.29, 1.82) is 0 Å². The number of ether oxygens (including phenoxy) is 2. The van der Waals surface area contributed by atoms with Crippen molar-refractivity contribution in [2.45, 2.75) is 18.0 Å². The van der Waals surface area contributed by atoms with Gasteiger partial charge in [0.25, 0.3) is 10.0 Å². The Bertz CT molecular complexity index is 1510. The molecule has 0 N–H and O–H groups in total. The van der Waals surface area contributed by atoms with Crippen LogP contribution in [0.3, 0.4) is 0 Å². The van der Waals surface area contributed by atoms with Gasteiger partial charge in [-0.15, -0.1) is 5.10 Å². The number of aromatic nitrogens is 1. The van der Waals surface area contributed by atoms with Crippen LogP contribution < -0.4 is 4.74 Å². The SMILES string of the molecule is COc1ccc(S(=O)(=O)n2cc(C3OC(c4ccccc4)=NN3C(C)=O)c3ccccc32)cc1. The summed E-state index contributed by atoms with van der Waals surface area (Å²) in [4.78, 5) is 12.5. The minimum atomic E-state index is -3.94. The van der Waals surface area contributed by atoms with Crippen molar-refractivity contribution in [1.82, 2.24) is 8.98 Å². The fraction of sp³-hybridized carbons (Fsp3) is 0.120. The number of carbonyl (C=O) groups is 1. The molecule has 0 radical (unpaired) electrons. The number of hydrazone groups is 1. The summed E-state index contributed by atoms with van der Waals surface area (Å²) in [6.45, 7) is 1.39. The molecule has 0 saturated carbocycles. The molecule has 1 atom stereocenters. The van der Waals surface area contributed by atoms with Crippen LogP contribution in [0.1, 0.15) is 24.3 Å². The number of methoxy groups -OCH3 is 1. The van der Waals surface area contributed by atoms with Crippen LogP contribution in [0.4, 0.5) is 0 Å². The predicted molar refractivity (Wildman–Crippen MR) is 127 cm³/mol. The lowest BCUT2D eigenvalue weighted by atomic mass is 10.1. The molecule has 34 heavy (non-hydrogen) atoms. The summed E-state index contributed by atoms with van der Waals surface area (Å²) in [5.74, 6) is 0.514. The van der Waals surface area contributed by atoms with Crippen LogP contribution in [0.25, 0.3) is 10.9 Å². The fourth-order valence-corrected chi connectivity index (χ4v) is 5.28. The third kappa shape index (κ3) is 3.60. The molecule has 2 heterocycles. The van der Waals surface area contributed by atoms with E-state index in [2.05, 4.69) is 5.10 Å². The molecule has 0 aliphatic carbocycles. The Kier molecular flexibility index (Phi) is 5.33. The summed E-state index contributed by atoms with van der Waals surface area (Å²) in [6.07, 6.45) is 0.582. The highest BCUT2D eigenvalue weighted by atomic mass is 32.2. The zero-order valence-corrected chi connectivity index (χ0v) is 19.3. The van der Waals surface area contributed by atoms with Gasteiger partial charge < -0.3 is 9.47 Å². The van der Waals surface area contributed by atoms with Gasteiger partial charge in [0.15, 0.2) is 0 Å². The zero-order chi connectivity index (χ0) is 23.9.